The van der Waals surface area contributed by atoms with Gasteiger partial charge < -0.3 is 10.5 Å². The highest BCUT2D eigenvalue weighted by atomic mass is 35.5. The van der Waals surface area contributed by atoms with Crippen LogP contribution in [0, 0.1) is 11.3 Å². The molecule has 0 bridgehead atoms. The molecule has 1 atom stereocenters. The summed E-state index contributed by atoms with van der Waals surface area (Å²) in [5.74, 6) is 0.0948. The summed E-state index contributed by atoms with van der Waals surface area (Å²) in [4.78, 5) is 2.10. The Morgan fingerprint density at radius 2 is 1.61 bits per heavy atom. The van der Waals surface area contributed by atoms with E-state index < -0.39 is 5.92 Å². The Kier molecular flexibility index (Phi) is 6.25. The maximum absolute atomic E-state index is 9.87. The van der Waals surface area contributed by atoms with Crippen LogP contribution in [0.1, 0.15) is 17.0 Å². The SMILES string of the molecule is CN1CC2=C(OC(N)=C(C#N)C2c2c(Cl)cccc2Cl)/C(=C/c2c(Cl)cccc2Cl)C1. The first-order chi connectivity index (χ1) is 14.8. The molecule has 31 heavy (non-hydrogen) atoms. The second kappa shape index (κ2) is 8.78. The smallest absolute Gasteiger partial charge is 0.205 e. The summed E-state index contributed by atoms with van der Waals surface area (Å²) in [5, 5.41) is 11.8. The molecule has 2 aliphatic rings. The van der Waals surface area contributed by atoms with Gasteiger partial charge in [0.05, 0.1) is 5.92 Å². The molecule has 4 nitrogen and oxygen atoms in total. The second-order valence-electron chi connectivity index (χ2n) is 7.39. The van der Waals surface area contributed by atoms with E-state index in [0.717, 1.165) is 11.1 Å². The molecule has 0 fully saturated rings. The average molecular weight is 493 g/mol. The Morgan fingerprint density at radius 3 is 2.19 bits per heavy atom. The van der Waals surface area contributed by atoms with E-state index in [2.05, 4.69) is 11.0 Å². The van der Waals surface area contributed by atoms with E-state index in [9.17, 15) is 5.26 Å². The van der Waals surface area contributed by atoms with Gasteiger partial charge >= 0.3 is 0 Å². The van der Waals surface area contributed by atoms with E-state index in [-0.39, 0.29) is 11.5 Å². The molecule has 2 aromatic carbocycles. The lowest BCUT2D eigenvalue weighted by atomic mass is 9.80. The quantitative estimate of drug-likeness (QED) is 0.527. The van der Waals surface area contributed by atoms with Crippen LogP contribution in [0.25, 0.3) is 6.08 Å². The summed E-state index contributed by atoms with van der Waals surface area (Å²) in [6.45, 7) is 1.13. The first kappa shape index (κ1) is 22.1. The molecule has 2 aliphatic heterocycles. The molecule has 0 aromatic heterocycles. The van der Waals surface area contributed by atoms with Crippen LogP contribution in [0.4, 0.5) is 0 Å². The van der Waals surface area contributed by atoms with Crippen LogP contribution >= 0.6 is 46.4 Å². The van der Waals surface area contributed by atoms with Crippen molar-refractivity contribution in [1.29, 1.82) is 5.26 Å². The Morgan fingerprint density at radius 1 is 1.03 bits per heavy atom. The molecular weight excluding hydrogens is 476 g/mol. The number of nitriles is 1. The van der Waals surface area contributed by atoms with Gasteiger partial charge in [0, 0.05) is 49.9 Å². The topological polar surface area (TPSA) is 62.3 Å². The molecule has 2 aromatic rings. The van der Waals surface area contributed by atoms with E-state index in [1.54, 1.807) is 36.4 Å². The fourth-order valence-corrected chi connectivity index (χ4v) is 5.10. The third-order valence-electron chi connectivity index (χ3n) is 5.31. The van der Waals surface area contributed by atoms with Crippen LogP contribution in [0.15, 0.2) is 64.8 Å². The molecule has 0 saturated heterocycles. The number of benzene rings is 2. The fourth-order valence-electron chi connectivity index (χ4n) is 3.98. The van der Waals surface area contributed by atoms with Crippen LogP contribution in [-0.4, -0.2) is 25.0 Å². The number of nitrogens with two attached hydrogens (primary N) is 1. The van der Waals surface area contributed by atoms with E-state index in [4.69, 9.17) is 56.9 Å². The average Bonchev–Trinajstić information content (AvgIpc) is 2.71. The largest absolute Gasteiger partial charge is 0.440 e. The van der Waals surface area contributed by atoms with Crippen LogP contribution in [-0.2, 0) is 4.74 Å². The molecule has 2 N–H and O–H groups in total. The predicted octanol–water partition coefficient (Wildman–Crippen LogP) is 6.39. The van der Waals surface area contributed by atoms with Crippen molar-refractivity contribution in [3.63, 3.8) is 0 Å². The van der Waals surface area contributed by atoms with E-state index in [1.807, 2.05) is 13.1 Å². The molecule has 0 aliphatic carbocycles. The molecule has 0 spiro atoms. The molecule has 0 amide bonds. The number of likely N-dealkylation sites (N-methyl/N-ethyl adjacent to an activating group) is 1. The van der Waals surface area contributed by atoms with Crippen molar-refractivity contribution in [3.05, 3.63) is 96.0 Å². The van der Waals surface area contributed by atoms with Crippen molar-refractivity contribution in [2.24, 2.45) is 5.73 Å². The second-order valence-corrected chi connectivity index (χ2v) is 9.02. The molecule has 0 radical (unpaired) electrons. The Balaban J connectivity index is 1.96. The lowest BCUT2D eigenvalue weighted by Crippen LogP contribution is -2.36. The van der Waals surface area contributed by atoms with Crippen LogP contribution in [0.2, 0.25) is 20.1 Å². The minimum Gasteiger partial charge on any atom is -0.440 e. The van der Waals surface area contributed by atoms with Gasteiger partial charge in [-0.3, -0.25) is 4.90 Å². The van der Waals surface area contributed by atoms with Gasteiger partial charge in [-0.05, 0) is 43.0 Å². The van der Waals surface area contributed by atoms with E-state index in [1.165, 1.54) is 0 Å². The predicted molar refractivity (Wildman–Crippen MR) is 126 cm³/mol. The molecule has 158 valence electrons. The highest BCUT2D eigenvalue weighted by Crippen LogP contribution is 2.47. The standard InChI is InChI=1S/C23H17Cl4N3O/c1-30-10-12(8-13-16(24)4-2-5-17(13)25)22-15(11-30)20(14(9-28)23(29)31-22)21-18(26)6-3-7-19(21)27/h2-8,20H,10-11,29H2,1H3/b12-8+. The van der Waals surface area contributed by atoms with Crippen LogP contribution < -0.4 is 5.73 Å². The summed E-state index contributed by atoms with van der Waals surface area (Å²) in [5.41, 5.74) is 9.48. The first-order valence-electron chi connectivity index (χ1n) is 9.39. The van der Waals surface area contributed by atoms with Crippen LogP contribution in [0.5, 0.6) is 0 Å². The van der Waals surface area contributed by atoms with Gasteiger partial charge in [0.2, 0.25) is 5.88 Å². The number of rotatable bonds is 2. The Labute approximate surface area is 200 Å². The third kappa shape index (κ3) is 4.05. The van der Waals surface area contributed by atoms with Crippen molar-refractivity contribution in [3.8, 4) is 6.07 Å². The summed E-state index contributed by atoms with van der Waals surface area (Å²) >= 11 is 25.8. The van der Waals surface area contributed by atoms with E-state index in [0.29, 0.717) is 50.1 Å². The van der Waals surface area contributed by atoms with Crippen molar-refractivity contribution in [1.82, 2.24) is 4.90 Å². The number of hydrogen-bond acceptors (Lipinski definition) is 4. The summed E-state index contributed by atoms with van der Waals surface area (Å²) in [6.07, 6.45) is 1.89. The summed E-state index contributed by atoms with van der Waals surface area (Å²) in [6, 6.07) is 12.8. The van der Waals surface area contributed by atoms with Crippen molar-refractivity contribution in [2.45, 2.75) is 5.92 Å². The number of ether oxygens (including phenoxy) is 1. The van der Waals surface area contributed by atoms with E-state index >= 15 is 0 Å². The molecule has 8 heteroatoms. The van der Waals surface area contributed by atoms with Crippen molar-refractivity contribution in [2.75, 3.05) is 20.1 Å². The third-order valence-corrected chi connectivity index (χ3v) is 6.62. The summed E-state index contributed by atoms with van der Waals surface area (Å²) < 4.78 is 5.99. The number of hydrogen-bond donors (Lipinski definition) is 1. The zero-order valence-corrected chi connectivity index (χ0v) is 19.4. The monoisotopic (exact) mass is 491 g/mol. The number of halogens is 4. The van der Waals surface area contributed by atoms with Gasteiger partial charge in [0.15, 0.2) is 0 Å². The zero-order valence-electron chi connectivity index (χ0n) is 16.4. The maximum atomic E-state index is 9.87. The van der Waals surface area contributed by atoms with Gasteiger partial charge in [-0.2, -0.15) is 5.26 Å². The molecule has 1 unspecified atom stereocenters. The lowest BCUT2D eigenvalue weighted by Gasteiger charge is -2.37. The van der Waals surface area contributed by atoms with Gasteiger partial charge in [-0.25, -0.2) is 0 Å². The number of nitrogens with zero attached hydrogens (tertiary/aromatic N) is 2. The highest BCUT2D eigenvalue weighted by Gasteiger charge is 2.38. The van der Waals surface area contributed by atoms with Crippen LogP contribution in [0.3, 0.4) is 0 Å². The lowest BCUT2D eigenvalue weighted by molar-refractivity contribution is 0.251. The Hall–Kier alpha value is -2.13. The van der Waals surface area contributed by atoms with Gasteiger partial charge in [0.1, 0.15) is 17.4 Å². The molecule has 4 rings (SSSR count). The Bertz CT molecular complexity index is 1170. The summed E-state index contributed by atoms with van der Waals surface area (Å²) in [7, 11) is 1.98. The molecule has 0 saturated carbocycles. The van der Waals surface area contributed by atoms with Gasteiger partial charge in [-0.1, -0.05) is 58.5 Å². The zero-order chi connectivity index (χ0) is 22.3. The van der Waals surface area contributed by atoms with Crippen molar-refractivity contribution >= 4 is 52.5 Å². The maximum Gasteiger partial charge on any atom is 0.205 e. The molecule has 2 heterocycles. The normalized spacial score (nSPS) is 20.5. The fraction of sp³-hybridized carbons (Fsp3) is 0.174. The minimum absolute atomic E-state index is 0.0305. The van der Waals surface area contributed by atoms with Crippen molar-refractivity contribution < 1.29 is 4.74 Å². The molecular formula is C23H17Cl4N3O. The minimum atomic E-state index is -0.525. The van der Waals surface area contributed by atoms with Gasteiger partial charge in [0.25, 0.3) is 0 Å². The first-order valence-corrected chi connectivity index (χ1v) is 10.9. The number of allylic oxidation sites excluding steroid dienone is 1. The highest BCUT2D eigenvalue weighted by molar-refractivity contribution is 6.37. The van der Waals surface area contributed by atoms with Gasteiger partial charge in [-0.15, -0.1) is 0 Å².